The van der Waals surface area contributed by atoms with Gasteiger partial charge in [-0.3, -0.25) is 0 Å². The fourth-order valence-electron chi connectivity index (χ4n) is 0.272. The van der Waals surface area contributed by atoms with Gasteiger partial charge in [0.05, 0.1) is 0 Å². The van der Waals surface area contributed by atoms with Gasteiger partial charge < -0.3 is 10.9 Å². The van der Waals surface area contributed by atoms with E-state index >= 15 is 0 Å². The second-order valence-electron chi connectivity index (χ2n) is 1.34. The van der Waals surface area contributed by atoms with Crippen LogP contribution in [-0.2, 0) is 0 Å². The van der Waals surface area contributed by atoms with Gasteiger partial charge in [-0.05, 0) is 12.5 Å². The number of rotatable bonds is 2. The lowest BCUT2D eigenvalue weighted by Gasteiger charge is -1.82. The maximum absolute atomic E-state index is 7.97. The van der Waals surface area contributed by atoms with Crippen LogP contribution in [0.1, 0.15) is 13.3 Å². The molecule has 0 rings (SSSR count). The molecule has 0 fully saturated rings. The SMILES string of the molecule is CCC=CC(N)=NO. The van der Waals surface area contributed by atoms with Crippen LogP contribution in [0.15, 0.2) is 17.3 Å². The number of oxime groups is 1. The highest BCUT2D eigenvalue weighted by molar-refractivity contribution is 5.90. The van der Waals surface area contributed by atoms with Gasteiger partial charge in [-0.15, -0.1) is 0 Å². The Morgan fingerprint density at radius 2 is 2.50 bits per heavy atom. The minimum absolute atomic E-state index is 0.145. The molecule has 0 saturated carbocycles. The summed E-state index contributed by atoms with van der Waals surface area (Å²) in [7, 11) is 0. The highest BCUT2D eigenvalue weighted by atomic mass is 16.4. The maximum Gasteiger partial charge on any atom is 0.162 e. The maximum atomic E-state index is 7.97. The molecule has 0 amide bonds. The Kier molecular flexibility index (Phi) is 3.66. The van der Waals surface area contributed by atoms with Crippen molar-refractivity contribution in [3.8, 4) is 0 Å². The number of allylic oxidation sites excluding steroid dienone is 1. The van der Waals surface area contributed by atoms with Crippen molar-refractivity contribution in [1.29, 1.82) is 0 Å². The zero-order chi connectivity index (χ0) is 6.41. The molecule has 46 valence electrons. The zero-order valence-electron chi connectivity index (χ0n) is 4.83. The Hall–Kier alpha value is -0.990. The summed E-state index contributed by atoms with van der Waals surface area (Å²) in [6.07, 6.45) is 4.27. The first-order valence-corrected chi connectivity index (χ1v) is 2.45. The number of hydrogen-bond acceptors (Lipinski definition) is 2. The third-order valence-electron chi connectivity index (χ3n) is 0.640. The molecule has 0 heterocycles. The van der Waals surface area contributed by atoms with Crippen LogP contribution in [0.25, 0.3) is 0 Å². The lowest BCUT2D eigenvalue weighted by atomic mass is 10.4. The van der Waals surface area contributed by atoms with Gasteiger partial charge in [0, 0.05) is 0 Å². The van der Waals surface area contributed by atoms with E-state index in [0.29, 0.717) is 0 Å². The highest BCUT2D eigenvalue weighted by Gasteiger charge is 1.76. The van der Waals surface area contributed by atoms with E-state index in [1.54, 1.807) is 6.08 Å². The summed E-state index contributed by atoms with van der Waals surface area (Å²) in [6, 6.07) is 0. The summed E-state index contributed by atoms with van der Waals surface area (Å²) in [5.74, 6) is 0.145. The smallest absolute Gasteiger partial charge is 0.162 e. The van der Waals surface area contributed by atoms with E-state index < -0.39 is 0 Å². The van der Waals surface area contributed by atoms with Gasteiger partial charge in [0.25, 0.3) is 0 Å². The van der Waals surface area contributed by atoms with Gasteiger partial charge in [0.15, 0.2) is 5.84 Å². The molecule has 0 aromatic heterocycles. The second-order valence-corrected chi connectivity index (χ2v) is 1.34. The summed E-state index contributed by atoms with van der Waals surface area (Å²) in [5, 5.41) is 10.7. The Balaban J connectivity index is 3.53. The van der Waals surface area contributed by atoms with Crippen molar-refractivity contribution < 1.29 is 5.21 Å². The first kappa shape index (κ1) is 7.01. The topological polar surface area (TPSA) is 58.6 Å². The molecule has 3 N–H and O–H groups in total. The Morgan fingerprint density at radius 1 is 1.88 bits per heavy atom. The van der Waals surface area contributed by atoms with Crippen molar-refractivity contribution >= 4 is 5.84 Å². The van der Waals surface area contributed by atoms with Crippen molar-refractivity contribution in [2.75, 3.05) is 0 Å². The van der Waals surface area contributed by atoms with Crippen molar-refractivity contribution in [2.24, 2.45) is 10.9 Å². The lowest BCUT2D eigenvalue weighted by molar-refractivity contribution is 0.319. The van der Waals surface area contributed by atoms with Crippen LogP contribution in [0.4, 0.5) is 0 Å². The van der Waals surface area contributed by atoms with Crippen LogP contribution < -0.4 is 5.73 Å². The quantitative estimate of drug-likeness (QED) is 0.240. The van der Waals surface area contributed by atoms with E-state index in [2.05, 4.69) is 5.16 Å². The third kappa shape index (κ3) is 3.21. The molecule has 3 heteroatoms. The summed E-state index contributed by atoms with van der Waals surface area (Å²) in [6.45, 7) is 1.97. The summed E-state index contributed by atoms with van der Waals surface area (Å²) in [5.41, 5.74) is 5.07. The fraction of sp³-hybridized carbons (Fsp3) is 0.400. The standard InChI is InChI=1S/C5H10N2O/c1-2-3-4-5(6)7-8/h3-4,8H,2H2,1H3,(H2,6,7). The molecule has 0 aromatic rings. The van der Waals surface area contributed by atoms with Crippen LogP contribution in [0.3, 0.4) is 0 Å². The second kappa shape index (κ2) is 4.18. The number of nitrogens with zero attached hydrogens (tertiary/aromatic N) is 1. The van der Waals surface area contributed by atoms with E-state index in [-0.39, 0.29) is 5.84 Å². The van der Waals surface area contributed by atoms with E-state index in [4.69, 9.17) is 10.9 Å². The van der Waals surface area contributed by atoms with E-state index in [1.165, 1.54) is 0 Å². The molecular weight excluding hydrogens is 104 g/mol. The number of amidine groups is 1. The Bertz CT molecular complexity index is 107. The molecule has 0 aliphatic heterocycles. The Labute approximate surface area is 48.5 Å². The van der Waals surface area contributed by atoms with Crippen molar-refractivity contribution in [1.82, 2.24) is 0 Å². The van der Waals surface area contributed by atoms with E-state index in [0.717, 1.165) is 6.42 Å². The largest absolute Gasteiger partial charge is 0.409 e. The molecule has 0 aromatic carbocycles. The van der Waals surface area contributed by atoms with Gasteiger partial charge >= 0.3 is 0 Å². The van der Waals surface area contributed by atoms with Crippen LogP contribution in [0, 0.1) is 0 Å². The fourth-order valence-corrected chi connectivity index (χ4v) is 0.272. The molecule has 3 nitrogen and oxygen atoms in total. The highest BCUT2D eigenvalue weighted by Crippen LogP contribution is 1.77. The zero-order valence-corrected chi connectivity index (χ0v) is 4.83. The molecule has 0 atom stereocenters. The third-order valence-corrected chi connectivity index (χ3v) is 0.640. The molecule has 0 unspecified atom stereocenters. The molecule has 0 aliphatic carbocycles. The number of hydrogen-bond donors (Lipinski definition) is 2. The molecule has 0 saturated heterocycles. The summed E-state index contributed by atoms with van der Waals surface area (Å²) in [4.78, 5) is 0. The lowest BCUT2D eigenvalue weighted by Crippen LogP contribution is -2.06. The molecular formula is C5H10N2O. The molecule has 0 aliphatic rings. The average molecular weight is 114 g/mol. The molecule has 8 heavy (non-hydrogen) atoms. The van der Waals surface area contributed by atoms with Crippen LogP contribution in [0.2, 0.25) is 0 Å². The average Bonchev–Trinajstić information content (AvgIpc) is 1.83. The first-order chi connectivity index (χ1) is 3.81. The van der Waals surface area contributed by atoms with Crippen molar-refractivity contribution in [3.05, 3.63) is 12.2 Å². The van der Waals surface area contributed by atoms with Gasteiger partial charge in [-0.25, -0.2) is 0 Å². The monoisotopic (exact) mass is 114 g/mol. The van der Waals surface area contributed by atoms with Crippen molar-refractivity contribution in [2.45, 2.75) is 13.3 Å². The van der Waals surface area contributed by atoms with Gasteiger partial charge in [-0.1, -0.05) is 18.2 Å². The summed E-state index contributed by atoms with van der Waals surface area (Å²) < 4.78 is 0. The van der Waals surface area contributed by atoms with Gasteiger partial charge in [0.1, 0.15) is 0 Å². The van der Waals surface area contributed by atoms with Crippen LogP contribution >= 0.6 is 0 Å². The minimum atomic E-state index is 0.145. The Morgan fingerprint density at radius 3 is 2.88 bits per heavy atom. The normalized spacial score (nSPS) is 12.9. The molecule has 0 spiro atoms. The minimum Gasteiger partial charge on any atom is -0.409 e. The van der Waals surface area contributed by atoms with E-state index in [1.807, 2.05) is 13.0 Å². The van der Waals surface area contributed by atoms with Gasteiger partial charge in [-0.2, -0.15) is 0 Å². The van der Waals surface area contributed by atoms with Crippen LogP contribution in [-0.4, -0.2) is 11.0 Å². The van der Waals surface area contributed by atoms with E-state index in [9.17, 15) is 0 Å². The number of nitrogens with two attached hydrogens (primary N) is 1. The van der Waals surface area contributed by atoms with Gasteiger partial charge in [0.2, 0.25) is 0 Å². The van der Waals surface area contributed by atoms with Crippen molar-refractivity contribution in [3.63, 3.8) is 0 Å². The van der Waals surface area contributed by atoms with Crippen LogP contribution in [0.5, 0.6) is 0 Å². The predicted octanol–water partition coefficient (Wildman–Crippen LogP) is 0.699. The molecule has 0 radical (unpaired) electrons. The summed E-state index contributed by atoms with van der Waals surface area (Å²) >= 11 is 0. The predicted molar refractivity (Wildman–Crippen MR) is 32.8 cm³/mol. The first-order valence-electron chi connectivity index (χ1n) is 2.45. The molecule has 0 bridgehead atoms.